The minimum Gasteiger partial charge on any atom is -0.339 e. The topological polar surface area (TPSA) is 53.4 Å². The van der Waals surface area contributed by atoms with E-state index in [9.17, 15) is 4.79 Å². The maximum Gasteiger partial charge on any atom is 0.321 e. The highest BCUT2D eigenvalue weighted by atomic mass is 16.2. The van der Waals surface area contributed by atoms with Crippen molar-refractivity contribution in [2.75, 3.05) is 36.4 Å². The molecule has 0 radical (unpaired) electrons. The number of aromatic nitrogens is 2. The number of nitrogens with one attached hydrogen (secondary N) is 1. The van der Waals surface area contributed by atoms with Crippen LogP contribution < -0.4 is 10.2 Å². The van der Waals surface area contributed by atoms with Gasteiger partial charge in [-0.15, -0.1) is 0 Å². The summed E-state index contributed by atoms with van der Waals surface area (Å²) in [5.41, 5.74) is 6.46. The minimum atomic E-state index is -0.0406. The van der Waals surface area contributed by atoms with E-state index in [0.717, 1.165) is 53.4 Å². The average molecular weight is 440 g/mol. The maximum atomic E-state index is 12.9. The third-order valence-electron chi connectivity index (χ3n) is 6.30. The number of aryl methyl sites for hydroxylation is 2. The Balaban J connectivity index is 1.32. The number of hydrogen-bond acceptors (Lipinski definition) is 3. The Kier molecular flexibility index (Phi) is 5.73. The van der Waals surface area contributed by atoms with Crippen LogP contribution in [-0.2, 0) is 6.54 Å². The summed E-state index contributed by atoms with van der Waals surface area (Å²) in [5, 5.41) is 3.09. The monoisotopic (exact) mass is 439 g/mol. The molecule has 1 aliphatic heterocycles. The van der Waals surface area contributed by atoms with Gasteiger partial charge in [-0.3, -0.25) is 0 Å². The maximum absolute atomic E-state index is 12.9. The highest BCUT2D eigenvalue weighted by Crippen LogP contribution is 2.25. The molecule has 4 aromatic rings. The lowest BCUT2D eigenvalue weighted by molar-refractivity contribution is 0.208. The quantitative estimate of drug-likeness (QED) is 0.484. The predicted molar refractivity (Wildman–Crippen MR) is 134 cm³/mol. The fraction of sp³-hybridized carbons (Fsp3) is 0.259. The Morgan fingerprint density at radius 1 is 0.909 bits per heavy atom. The van der Waals surface area contributed by atoms with Crippen LogP contribution in [0, 0.1) is 13.8 Å². The van der Waals surface area contributed by atoms with Crippen molar-refractivity contribution >= 4 is 28.7 Å². The number of carbonyl (C=O) groups excluding carboxylic acids is 1. The summed E-state index contributed by atoms with van der Waals surface area (Å²) < 4.78 is 2.29. The number of piperazine rings is 1. The van der Waals surface area contributed by atoms with Crippen molar-refractivity contribution in [3.8, 4) is 0 Å². The lowest BCUT2D eigenvalue weighted by Gasteiger charge is -2.35. The molecule has 0 atom stereocenters. The smallest absolute Gasteiger partial charge is 0.321 e. The van der Waals surface area contributed by atoms with E-state index < -0.39 is 0 Å². The normalized spacial score (nSPS) is 14.0. The van der Waals surface area contributed by atoms with Crippen molar-refractivity contribution < 1.29 is 4.79 Å². The first kappa shape index (κ1) is 21.1. The summed E-state index contributed by atoms with van der Waals surface area (Å²) in [4.78, 5) is 22.0. The van der Waals surface area contributed by atoms with E-state index >= 15 is 0 Å². The summed E-state index contributed by atoms with van der Waals surface area (Å²) in [7, 11) is 0. The van der Waals surface area contributed by atoms with Gasteiger partial charge in [0.15, 0.2) is 0 Å². The van der Waals surface area contributed by atoms with Crippen LogP contribution in [0.4, 0.5) is 16.4 Å². The number of rotatable bonds is 4. The zero-order chi connectivity index (χ0) is 22.8. The number of fused-ring (bicyclic) bond motifs is 1. The molecule has 6 nitrogen and oxygen atoms in total. The molecule has 168 valence electrons. The first-order valence-corrected chi connectivity index (χ1v) is 11.5. The third-order valence-corrected chi connectivity index (χ3v) is 6.30. The van der Waals surface area contributed by atoms with Gasteiger partial charge in [0.2, 0.25) is 5.95 Å². The van der Waals surface area contributed by atoms with E-state index in [-0.39, 0.29) is 6.03 Å². The molecule has 1 aromatic heterocycles. The molecule has 1 aliphatic rings. The summed E-state index contributed by atoms with van der Waals surface area (Å²) >= 11 is 0. The van der Waals surface area contributed by atoms with E-state index in [2.05, 4.69) is 63.3 Å². The number of urea groups is 1. The van der Waals surface area contributed by atoms with Crippen LogP contribution in [0.3, 0.4) is 0 Å². The van der Waals surface area contributed by atoms with Crippen LogP contribution in [0.25, 0.3) is 11.0 Å². The molecule has 2 heterocycles. The van der Waals surface area contributed by atoms with Crippen molar-refractivity contribution in [1.82, 2.24) is 14.5 Å². The molecule has 33 heavy (non-hydrogen) atoms. The van der Waals surface area contributed by atoms with Crippen LogP contribution >= 0.6 is 0 Å². The Morgan fingerprint density at radius 3 is 2.42 bits per heavy atom. The Bertz CT molecular complexity index is 1270. The summed E-state index contributed by atoms with van der Waals surface area (Å²) in [6.45, 7) is 7.64. The van der Waals surface area contributed by atoms with E-state index in [0.29, 0.717) is 13.1 Å². The molecule has 1 N–H and O–H groups in total. The van der Waals surface area contributed by atoms with E-state index in [1.54, 1.807) is 0 Å². The zero-order valence-corrected chi connectivity index (χ0v) is 19.2. The van der Waals surface area contributed by atoms with E-state index in [1.165, 1.54) is 5.56 Å². The summed E-state index contributed by atoms with van der Waals surface area (Å²) in [5.74, 6) is 0.967. The number of hydrogen-bond donors (Lipinski definition) is 1. The minimum absolute atomic E-state index is 0.0406. The lowest BCUT2D eigenvalue weighted by Crippen LogP contribution is -2.50. The van der Waals surface area contributed by atoms with E-state index in [4.69, 9.17) is 4.98 Å². The molecule has 3 aromatic carbocycles. The van der Waals surface area contributed by atoms with Gasteiger partial charge in [-0.25, -0.2) is 9.78 Å². The van der Waals surface area contributed by atoms with Crippen LogP contribution in [0.2, 0.25) is 0 Å². The number of anilines is 2. The molecule has 0 bridgehead atoms. The Labute approximate surface area is 194 Å². The van der Waals surface area contributed by atoms with Gasteiger partial charge < -0.3 is 19.7 Å². The van der Waals surface area contributed by atoms with Gasteiger partial charge in [-0.2, -0.15) is 0 Å². The third kappa shape index (κ3) is 4.42. The number of nitrogens with zero attached hydrogens (tertiary/aromatic N) is 4. The lowest BCUT2D eigenvalue weighted by atomic mass is 10.1. The highest BCUT2D eigenvalue weighted by Gasteiger charge is 2.25. The predicted octanol–water partition coefficient (Wildman–Crippen LogP) is 5.06. The molecular weight excluding hydrogens is 410 g/mol. The van der Waals surface area contributed by atoms with Crippen molar-refractivity contribution in [2.24, 2.45) is 0 Å². The Morgan fingerprint density at radius 2 is 1.64 bits per heavy atom. The van der Waals surface area contributed by atoms with Crippen molar-refractivity contribution in [1.29, 1.82) is 0 Å². The second kappa shape index (κ2) is 8.98. The van der Waals surface area contributed by atoms with Crippen molar-refractivity contribution in [3.63, 3.8) is 0 Å². The molecule has 1 saturated heterocycles. The molecule has 0 unspecified atom stereocenters. The average Bonchev–Trinajstić information content (AvgIpc) is 3.20. The van der Waals surface area contributed by atoms with Gasteiger partial charge >= 0.3 is 6.03 Å². The highest BCUT2D eigenvalue weighted by molar-refractivity contribution is 5.90. The largest absolute Gasteiger partial charge is 0.339 e. The fourth-order valence-electron chi connectivity index (χ4n) is 4.40. The number of benzene rings is 3. The SMILES string of the molecule is Cc1ccc(C)c(NC(=O)N2CCN(c3nc4ccccc4n3Cc3ccccc3)CC2)c1. The molecule has 5 rings (SSSR count). The summed E-state index contributed by atoms with van der Waals surface area (Å²) in [6, 6.07) is 24.8. The van der Waals surface area contributed by atoms with Gasteiger partial charge in [-0.1, -0.05) is 54.6 Å². The fourth-order valence-corrected chi connectivity index (χ4v) is 4.40. The van der Waals surface area contributed by atoms with E-state index in [1.807, 2.05) is 43.0 Å². The number of carbonyl (C=O) groups is 1. The molecule has 0 saturated carbocycles. The first-order valence-electron chi connectivity index (χ1n) is 11.5. The molecular formula is C27H29N5O. The van der Waals surface area contributed by atoms with Gasteiger partial charge in [0, 0.05) is 31.9 Å². The van der Waals surface area contributed by atoms with Gasteiger partial charge in [0.1, 0.15) is 0 Å². The van der Waals surface area contributed by atoms with Crippen LogP contribution in [0.5, 0.6) is 0 Å². The van der Waals surface area contributed by atoms with Gasteiger partial charge in [0.05, 0.1) is 17.6 Å². The van der Waals surface area contributed by atoms with Crippen LogP contribution in [0.1, 0.15) is 16.7 Å². The van der Waals surface area contributed by atoms with Crippen molar-refractivity contribution in [3.05, 3.63) is 89.5 Å². The number of amides is 2. The second-order valence-corrected chi connectivity index (χ2v) is 8.69. The standard InChI is InChI=1S/C27H29N5O/c1-20-12-13-21(2)24(18-20)29-27(33)31-16-14-30(15-17-31)26-28-23-10-6-7-11-25(23)32(26)19-22-8-4-3-5-9-22/h3-13,18H,14-17,19H2,1-2H3,(H,29,33). The zero-order valence-electron chi connectivity index (χ0n) is 19.2. The number of para-hydroxylation sites is 2. The first-order chi connectivity index (χ1) is 16.1. The Hall–Kier alpha value is -3.80. The molecule has 6 heteroatoms. The number of imidazole rings is 1. The van der Waals surface area contributed by atoms with Crippen LogP contribution in [0.15, 0.2) is 72.8 Å². The molecule has 2 amide bonds. The summed E-state index contributed by atoms with van der Waals surface area (Å²) in [6.07, 6.45) is 0. The van der Waals surface area contributed by atoms with Crippen LogP contribution in [-0.4, -0.2) is 46.7 Å². The van der Waals surface area contributed by atoms with Gasteiger partial charge in [-0.05, 0) is 48.7 Å². The molecule has 0 aliphatic carbocycles. The molecule has 0 spiro atoms. The van der Waals surface area contributed by atoms with Gasteiger partial charge in [0.25, 0.3) is 0 Å². The van der Waals surface area contributed by atoms with Crippen molar-refractivity contribution in [2.45, 2.75) is 20.4 Å². The second-order valence-electron chi connectivity index (χ2n) is 8.69. The molecule has 1 fully saturated rings.